The van der Waals surface area contributed by atoms with Gasteiger partial charge in [-0.05, 0) is 19.1 Å². The number of thiocarbonyl (C=S) groups is 1. The number of isothiocyanates is 1. The molecule has 0 bridgehead atoms. The fourth-order valence-electron chi connectivity index (χ4n) is 0.586. The van der Waals surface area contributed by atoms with Gasteiger partial charge in [-0.1, -0.05) is 0 Å². The highest BCUT2D eigenvalue weighted by Gasteiger charge is 2.04. The van der Waals surface area contributed by atoms with Crippen molar-refractivity contribution >= 4 is 29.6 Å². The summed E-state index contributed by atoms with van der Waals surface area (Å²) in [5, 5.41) is 11.6. The van der Waals surface area contributed by atoms with Crippen molar-refractivity contribution < 1.29 is 0 Å². The summed E-state index contributed by atoms with van der Waals surface area (Å²) in [7, 11) is 1.63. The van der Waals surface area contributed by atoms with E-state index in [1.54, 1.807) is 7.05 Å². The SMILES string of the molecule is CN=C(NC=N)[C@H](C)N=C=S. The van der Waals surface area contributed by atoms with Crippen LogP contribution in [-0.4, -0.2) is 30.4 Å². The Morgan fingerprint density at radius 3 is 2.82 bits per heavy atom. The van der Waals surface area contributed by atoms with Crippen molar-refractivity contribution in [3.05, 3.63) is 0 Å². The van der Waals surface area contributed by atoms with Crippen molar-refractivity contribution in [1.82, 2.24) is 5.32 Å². The maximum absolute atomic E-state index is 6.76. The molecule has 0 spiro atoms. The summed E-state index contributed by atoms with van der Waals surface area (Å²) in [6, 6.07) is -0.154. The van der Waals surface area contributed by atoms with Gasteiger partial charge in [-0.3, -0.25) is 10.4 Å². The van der Waals surface area contributed by atoms with E-state index in [9.17, 15) is 0 Å². The van der Waals surface area contributed by atoms with Crippen LogP contribution in [0.3, 0.4) is 0 Å². The van der Waals surface area contributed by atoms with Crippen LogP contribution >= 0.6 is 12.2 Å². The Bertz CT molecular complexity index is 205. The van der Waals surface area contributed by atoms with Crippen molar-refractivity contribution in [2.45, 2.75) is 13.0 Å². The lowest BCUT2D eigenvalue weighted by Gasteiger charge is -2.06. The van der Waals surface area contributed by atoms with Gasteiger partial charge >= 0.3 is 0 Å². The van der Waals surface area contributed by atoms with Gasteiger partial charge in [0.15, 0.2) is 0 Å². The zero-order chi connectivity index (χ0) is 8.69. The van der Waals surface area contributed by atoms with Crippen LogP contribution < -0.4 is 5.32 Å². The Kier molecular flexibility index (Phi) is 5.15. The molecule has 0 radical (unpaired) electrons. The highest BCUT2D eigenvalue weighted by Crippen LogP contribution is 1.88. The predicted octanol–water partition coefficient (Wildman–Crippen LogP) is 0.703. The highest BCUT2D eigenvalue weighted by atomic mass is 32.1. The summed E-state index contributed by atoms with van der Waals surface area (Å²) in [5.41, 5.74) is 0. The number of amidine groups is 1. The molecular weight excluding hydrogens is 160 g/mol. The summed E-state index contributed by atoms with van der Waals surface area (Å²) in [6.07, 6.45) is 1.05. The quantitative estimate of drug-likeness (QED) is 0.372. The van der Waals surface area contributed by atoms with Gasteiger partial charge < -0.3 is 5.32 Å². The maximum Gasteiger partial charge on any atom is 0.127 e. The summed E-state index contributed by atoms with van der Waals surface area (Å²) in [5.74, 6) is 0.609. The summed E-state index contributed by atoms with van der Waals surface area (Å²) in [4.78, 5) is 7.65. The van der Waals surface area contributed by atoms with Gasteiger partial charge in [0.2, 0.25) is 0 Å². The lowest BCUT2D eigenvalue weighted by atomic mass is 10.3. The molecule has 0 heterocycles. The van der Waals surface area contributed by atoms with E-state index in [1.807, 2.05) is 6.92 Å². The number of nitrogens with one attached hydrogen (secondary N) is 2. The van der Waals surface area contributed by atoms with Crippen LogP contribution in [0.4, 0.5) is 0 Å². The van der Waals surface area contributed by atoms with Gasteiger partial charge in [-0.25, -0.2) is 4.99 Å². The van der Waals surface area contributed by atoms with E-state index in [0.717, 1.165) is 6.34 Å². The van der Waals surface area contributed by atoms with Gasteiger partial charge in [0.1, 0.15) is 11.9 Å². The monoisotopic (exact) mass is 170 g/mol. The maximum atomic E-state index is 6.76. The molecule has 0 aliphatic heterocycles. The van der Waals surface area contributed by atoms with E-state index in [0.29, 0.717) is 5.84 Å². The fourth-order valence-corrected chi connectivity index (χ4v) is 0.744. The molecule has 60 valence electrons. The van der Waals surface area contributed by atoms with Crippen LogP contribution in [0, 0.1) is 5.41 Å². The minimum absolute atomic E-state index is 0.154. The number of aliphatic imine (C=N–C) groups is 2. The third-order valence-corrected chi connectivity index (χ3v) is 1.21. The summed E-state index contributed by atoms with van der Waals surface area (Å²) < 4.78 is 0. The smallest absolute Gasteiger partial charge is 0.127 e. The molecule has 4 nitrogen and oxygen atoms in total. The number of hydrogen-bond donors (Lipinski definition) is 2. The normalized spacial score (nSPS) is 13.1. The first-order valence-corrected chi connectivity index (χ1v) is 3.46. The van der Waals surface area contributed by atoms with E-state index >= 15 is 0 Å². The zero-order valence-electron chi connectivity index (χ0n) is 6.46. The van der Waals surface area contributed by atoms with Crippen LogP contribution in [0.25, 0.3) is 0 Å². The minimum atomic E-state index is -0.154. The Balaban J connectivity index is 4.25. The average molecular weight is 170 g/mol. The number of nitrogens with zero attached hydrogens (tertiary/aromatic N) is 2. The van der Waals surface area contributed by atoms with Gasteiger partial charge in [0, 0.05) is 7.05 Å². The largest absolute Gasteiger partial charge is 0.334 e. The Morgan fingerprint density at radius 1 is 1.82 bits per heavy atom. The molecule has 0 aromatic carbocycles. The molecule has 0 aromatic rings. The first-order chi connectivity index (χ1) is 5.26. The van der Waals surface area contributed by atoms with E-state index in [2.05, 4.69) is 32.7 Å². The summed E-state index contributed by atoms with van der Waals surface area (Å²) >= 11 is 4.42. The topological polar surface area (TPSA) is 60.6 Å². The molecule has 5 heteroatoms. The summed E-state index contributed by atoms with van der Waals surface area (Å²) in [6.45, 7) is 1.82. The fraction of sp³-hybridized carbons (Fsp3) is 0.500. The molecular formula is C6H10N4S. The van der Waals surface area contributed by atoms with Gasteiger partial charge in [0.25, 0.3) is 0 Å². The van der Waals surface area contributed by atoms with Crippen molar-refractivity contribution in [3.63, 3.8) is 0 Å². The molecule has 2 N–H and O–H groups in total. The Hall–Kier alpha value is -1.06. The van der Waals surface area contributed by atoms with Gasteiger partial charge in [0.05, 0.1) is 11.5 Å². The van der Waals surface area contributed by atoms with Crippen molar-refractivity contribution in [2.75, 3.05) is 7.05 Å². The van der Waals surface area contributed by atoms with Crippen LogP contribution in [0.5, 0.6) is 0 Å². The second-order valence-electron chi connectivity index (χ2n) is 1.79. The Labute approximate surface area is 70.9 Å². The molecule has 0 fully saturated rings. The second kappa shape index (κ2) is 5.70. The third-order valence-electron chi connectivity index (χ3n) is 1.10. The van der Waals surface area contributed by atoms with Gasteiger partial charge in [-0.15, -0.1) is 0 Å². The predicted molar refractivity (Wildman–Crippen MR) is 49.8 cm³/mol. The lowest BCUT2D eigenvalue weighted by Crippen LogP contribution is -2.30. The highest BCUT2D eigenvalue weighted by molar-refractivity contribution is 7.78. The van der Waals surface area contributed by atoms with Crippen LogP contribution in [0.15, 0.2) is 9.98 Å². The first-order valence-electron chi connectivity index (χ1n) is 3.05. The second-order valence-corrected chi connectivity index (χ2v) is 1.98. The van der Waals surface area contributed by atoms with E-state index in [4.69, 9.17) is 5.41 Å². The molecule has 0 rings (SSSR count). The van der Waals surface area contributed by atoms with E-state index in [-0.39, 0.29) is 6.04 Å². The van der Waals surface area contributed by atoms with Crippen LogP contribution in [0.2, 0.25) is 0 Å². The molecule has 0 saturated carbocycles. The van der Waals surface area contributed by atoms with E-state index in [1.165, 1.54) is 0 Å². The number of rotatable bonds is 3. The molecule has 0 aliphatic carbocycles. The molecule has 11 heavy (non-hydrogen) atoms. The molecule has 0 saturated heterocycles. The van der Waals surface area contributed by atoms with Crippen LogP contribution in [-0.2, 0) is 0 Å². The first kappa shape index (κ1) is 9.94. The van der Waals surface area contributed by atoms with Crippen molar-refractivity contribution in [2.24, 2.45) is 9.98 Å². The van der Waals surface area contributed by atoms with Crippen molar-refractivity contribution in [1.29, 1.82) is 5.41 Å². The standard InChI is InChI=1S/C6H10N4S/c1-5(10-4-11)6(8-2)9-3-7/h3,5H,1-2H3,(H2,7,8,9)/t5-/m0/s1. The zero-order valence-corrected chi connectivity index (χ0v) is 7.27. The number of hydrogen-bond acceptors (Lipinski definition) is 4. The lowest BCUT2D eigenvalue weighted by molar-refractivity contribution is 0.946. The Morgan fingerprint density at radius 2 is 2.45 bits per heavy atom. The third kappa shape index (κ3) is 3.60. The molecule has 0 amide bonds. The molecule has 0 aliphatic rings. The molecule has 0 unspecified atom stereocenters. The van der Waals surface area contributed by atoms with Crippen LogP contribution in [0.1, 0.15) is 6.92 Å². The molecule has 1 atom stereocenters. The van der Waals surface area contributed by atoms with Gasteiger partial charge in [-0.2, -0.15) is 0 Å². The molecule has 0 aromatic heterocycles. The average Bonchev–Trinajstić information content (AvgIpc) is 2.00. The van der Waals surface area contributed by atoms with E-state index < -0.39 is 0 Å². The minimum Gasteiger partial charge on any atom is -0.334 e. The van der Waals surface area contributed by atoms with Crippen molar-refractivity contribution in [3.8, 4) is 0 Å².